The number of aromatic nitrogens is 4. The minimum absolute atomic E-state index is 0.178. The Balaban J connectivity index is 1.49. The van der Waals surface area contributed by atoms with E-state index in [1.165, 1.54) is 0 Å². The second kappa shape index (κ2) is 7.80. The Kier molecular flexibility index (Phi) is 5.22. The van der Waals surface area contributed by atoms with Gasteiger partial charge in [0.25, 0.3) is 0 Å². The Labute approximate surface area is 165 Å². The lowest BCUT2D eigenvalue weighted by Gasteiger charge is -2.31. The van der Waals surface area contributed by atoms with Crippen LogP contribution in [0.3, 0.4) is 0 Å². The maximum absolute atomic E-state index is 12.8. The molecule has 28 heavy (non-hydrogen) atoms. The van der Waals surface area contributed by atoms with E-state index in [2.05, 4.69) is 34.1 Å². The van der Waals surface area contributed by atoms with Gasteiger partial charge in [-0.2, -0.15) is 5.10 Å². The molecule has 0 aliphatic heterocycles. The van der Waals surface area contributed by atoms with Crippen molar-refractivity contribution in [1.82, 2.24) is 24.6 Å². The summed E-state index contributed by atoms with van der Waals surface area (Å²) in [6.07, 6.45) is 12.0. The zero-order chi connectivity index (χ0) is 19.7. The molecule has 4 rings (SSSR count). The first-order valence-electron chi connectivity index (χ1n) is 9.92. The second-order valence-corrected chi connectivity index (χ2v) is 8.11. The molecule has 0 bridgehead atoms. The van der Waals surface area contributed by atoms with E-state index in [1.807, 2.05) is 44.0 Å². The number of rotatable bonds is 5. The highest BCUT2D eigenvalue weighted by molar-refractivity contribution is 5.87. The van der Waals surface area contributed by atoms with Crippen LogP contribution in [0, 0.1) is 5.92 Å². The highest BCUT2D eigenvalue weighted by Crippen LogP contribution is 2.28. The number of aryl methyl sites for hydroxylation is 1. The number of hydrogen-bond donors (Lipinski definition) is 0. The van der Waals surface area contributed by atoms with Gasteiger partial charge in [-0.3, -0.25) is 19.4 Å². The maximum atomic E-state index is 12.8. The van der Waals surface area contributed by atoms with Crippen molar-refractivity contribution in [3.63, 3.8) is 0 Å². The number of fused-ring (bicyclic) bond motifs is 1. The third kappa shape index (κ3) is 3.97. The predicted octanol–water partition coefficient (Wildman–Crippen LogP) is 3.26. The Morgan fingerprint density at radius 3 is 2.50 bits per heavy atom. The summed E-state index contributed by atoms with van der Waals surface area (Å²) in [6, 6.07) is 4.69. The lowest BCUT2D eigenvalue weighted by atomic mass is 9.82. The molecule has 0 atom stereocenters. The molecule has 146 valence electrons. The van der Waals surface area contributed by atoms with Gasteiger partial charge in [-0.25, -0.2) is 0 Å². The monoisotopic (exact) mass is 377 g/mol. The number of carbonyl (C=O) groups is 1. The van der Waals surface area contributed by atoms with Crippen molar-refractivity contribution in [2.45, 2.75) is 38.1 Å². The minimum Gasteiger partial charge on any atom is -0.306 e. The molecule has 0 amide bonds. The van der Waals surface area contributed by atoms with Crippen molar-refractivity contribution in [2.75, 3.05) is 14.1 Å². The summed E-state index contributed by atoms with van der Waals surface area (Å²) in [7, 11) is 6.14. The van der Waals surface area contributed by atoms with Crippen LogP contribution in [0.5, 0.6) is 0 Å². The molecule has 0 saturated heterocycles. The van der Waals surface area contributed by atoms with Gasteiger partial charge in [0.2, 0.25) is 0 Å². The molecule has 1 aliphatic rings. The van der Waals surface area contributed by atoms with Crippen LogP contribution in [-0.4, -0.2) is 50.6 Å². The smallest absolute Gasteiger partial charge is 0.141 e. The summed E-state index contributed by atoms with van der Waals surface area (Å²) in [5.74, 6) is 0.502. The van der Waals surface area contributed by atoms with Crippen LogP contribution in [0.1, 0.15) is 31.4 Å². The summed E-state index contributed by atoms with van der Waals surface area (Å²) < 4.78 is 1.77. The molecule has 6 heteroatoms. The first kappa shape index (κ1) is 18.7. The van der Waals surface area contributed by atoms with Gasteiger partial charge < -0.3 is 4.90 Å². The van der Waals surface area contributed by atoms with Gasteiger partial charge in [-0.15, -0.1) is 0 Å². The van der Waals surface area contributed by atoms with E-state index in [0.29, 0.717) is 18.2 Å². The SMILES string of the molecule is CN(C)C1CCC(C(=O)Cc2cc3cc(-c4cnn(C)c4)ncc3cn2)CC1. The highest BCUT2D eigenvalue weighted by Gasteiger charge is 2.27. The summed E-state index contributed by atoms with van der Waals surface area (Å²) in [5, 5.41) is 6.25. The van der Waals surface area contributed by atoms with Crippen LogP contribution < -0.4 is 0 Å². The zero-order valence-electron chi connectivity index (χ0n) is 16.8. The standard InChI is InChI=1S/C22H27N5O/c1-26(2)20-6-4-15(5-7-20)22(28)10-19-8-16-9-21(18-13-25-27(3)14-18)24-12-17(16)11-23-19/h8-9,11-15,20H,4-7,10H2,1-3H3. The highest BCUT2D eigenvalue weighted by atomic mass is 16.1. The third-order valence-electron chi connectivity index (χ3n) is 5.90. The van der Waals surface area contributed by atoms with Crippen molar-refractivity contribution in [1.29, 1.82) is 0 Å². The van der Waals surface area contributed by atoms with Crippen molar-refractivity contribution in [2.24, 2.45) is 13.0 Å². The summed E-state index contributed by atoms with van der Waals surface area (Å²) in [4.78, 5) is 24.1. The molecule has 6 nitrogen and oxygen atoms in total. The molecule has 0 unspecified atom stereocenters. The number of carbonyl (C=O) groups excluding carboxylic acids is 1. The fraction of sp³-hybridized carbons (Fsp3) is 0.455. The third-order valence-corrected chi connectivity index (χ3v) is 5.90. The molecule has 3 heterocycles. The van der Waals surface area contributed by atoms with Gasteiger partial charge >= 0.3 is 0 Å². The number of pyridine rings is 2. The Bertz CT molecular complexity index is 986. The van der Waals surface area contributed by atoms with Crippen LogP contribution in [0.15, 0.2) is 36.9 Å². The number of hydrogen-bond acceptors (Lipinski definition) is 5. The van der Waals surface area contributed by atoms with E-state index in [0.717, 1.165) is 53.4 Å². The molecule has 3 aromatic rings. The average molecular weight is 377 g/mol. The molecular weight excluding hydrogens is 350 g/mol. The van der Waals surface area contributed by atoms with Crippen molar-refractivity contribution < 1.29 is 4.79 Å². The molecule has 0 spiro atoms. The molecule has 1 fully saturated rings. The Morgan fingerprint density at radius 2 is 1.82 bits per heavy atom. The first-order chi connectivity index (χ1) is 13.5. The fourth-order valence-corrected chi connectivity index (χ4v) is 4.13. The molecule has 1 saturated carbocycles. The molecule has 1 aliphatic carbocycles. The van der Waals surface area contributed by atoms with Gasteiger partial charge in [-0.05, 0) is 57.3 Å². The predicted molar refractivity (Wildman–Crippen MR) is 110 cm³/mol. The number of ketones is 1. The molecule has 0 radical (unpaired) electrons. The summed E-state index contributed by atoms with van der Waals surface area (Å²) in [5.41, 5.74) is 2.71. The van der Waals surface area contributed by atoms with E-state index in [1.54, 1.807) is 4.68 Å². The lowest BCUT2D eigenvalue weighted by molar-refractivity contribution is -0.123. The van der Waals surface area contributed by atoms with Gasteiger partial charge in [0.1, 0.15) is 5.78 Å². The molecule has 3 aromatic heterocycles. The Hall–Kier alpha value is -2.60. The van der Waals surface area contributed by atoms with Gasteiger partial charge in [-0.1, -0.05) is 0 Å². The molecule has 0 aromatic carbocycles. The van der Waals surface area contributed by atoms with E-state index in [9.17, 15) is 4.79 Å². The molecular formula is C22H27N5O. The van der Waals surface area contributed by atoms with E-state index in [-0.39, 0.29) is 5.92 Å². The largest absolute Gasteiger partial charge is 0.306 e. The van der Waals surface area contributed by atoms with Crippen LogP contribution in [0.4, 0.5) is 0 Å². The van der Waals surface area contributed by atoms with Crippen LogP contribution >= 0.6 is 0 Å². The zero-order valence-corrected chi connectivity index (χ0v) is 16.8. The number of nitrogens with zero attached hydrogens (tertiary/aromatic N) is 5. The van der Waals surface area contributed by atoms with E-state index >= 15 is 0 Å². The normalized spacial score (nSPS) is 20.0. The van der Waals surface area contributed by atoms with Crippen LogP contribution in [0.2, 0.25) is 0 Å². The number of Topliss-reactive ketones (excluding diaryl/α,β-unsaturated/α-hetero) is 1. The summed E-state index contributed by atoms with van der Waals surface area (Å²) in [6.45, 7) is 0. The Morgan fingerprint density at radius 1 is 1.07 bits per heavy atom. The summed E-state index contributed by atoms with van der Waals surface area (Å²) >= 11 is 0. The first-order valence-corrected chi connectivity index (χ1v) is 9.92. The van der Waals surface area contributed by atoms with Gasteiger partial charge in [0.15, 0.2) is 0 Å². The molecule has 0 N–H and O–H groups in total. The van der Waals surface area contributed by atoms with Gasteiger partial charge in [0.05, 0.1) is 11.9 Å². The quantitative estimate of drug-likeness (QED) is 0.683. The van der Waals surface area contributed by atoms with Gasteiger partial charge in [0, 0.05) is 60.7 Å². The van der Waals surface area contributed by atoms with E-state index in [4.69, 9.17) is 0 Å². The lowest BCUT2D eigenvalue weighted by Crippen LogP contribution is -2.34. The van der Waals surface area contributed by atoms with Crippen molar-refractivity contribution >= 4 is 16.6 Å². The van der Waals surface area contributed by atoms with Crippen LogP contribution in [0.25, 0.3) is 22.0 Å². The van der Waals surface area contributed by atoms with E-state index < -0.39 is 0 Å². The second-order valence-electron chi connectivity index (χ2n) is 8.11. The fourth-order valence-electron chi connectivity index (χ4n) is 4.13. The topological polar surface area (TPSA) is 63.9 Å². The van der Waals surface area contributed by atoms with Crippen molar-refractivity contribution in [3.05, 3.63) is 42.6 Å². The minimum atomic E-state index is 0.178. The van der Waals surface area contributed by atoms with Crippen molar-refractivity contribution in [3.8, 4) is 11.3 Å². The maximum Gasteiger partial charge on any atom is 0.141 e. The van der Waals surface area contributed by atoms with Crippen LogP contribution in [-0.2, 0) is 18.3 Å². The average Bonchev–Trinajstić information content (AvgIpc) is 3.14.